The fourth-order valence-electron chi connectivity index (χ4n) is 3.63. The number of aliphatic hydroxyl groups excluding tert-OH is 1. The highest BCUT2D eigenvalue weighted by Crippen LogP contribution is 2.30. The molecule has 3 atom stereocenters. The number of carbonyl (C=O) groups excluding carboxylic acids is 1. The molecule has 23 heavy (non-hydrogen) atoms. The minimum atomic E-state index is -0.507. The van der Waals surface area contributed by atoms with Crippen LogP contribution in [-0.4, -0.2) is 47.7 Å². The maximum absolute atomic E-state index is 13.6. The zero-order valence-corrected chi connectivity index (χ0v) is 14.0. The number of halogens is 2. The molecule has 4 nitrogen and oxygen atoms in total. The van der Waals surface area contributed by atoms with E-state index >= 15 is 0 Å². The van der Waals surface area contributed by atoms with Crippen molar-refractivity contribution in [2.75, 3.05) is 24.5 Å². The third-order valence-electron chi connectivity index (χ3n) is 5.00. The Bertz CT molecular complexity index is 596. The molecule has 0 aromatic heterocycles. The first-order chi connectivity index (χ1) is 11.0. The van der Waals surface area contributed by atoms with E-state index < -0.39 is 5.82 Å². The molecule has 2 aliphatic heterocycles. The highest BCUT2D eigenvalue weighted by atomic mass is 35.5. The molecule has 1 N–H and O–H groups in total. The van der Waals surface area contributed by atoms with Crippen LogP contribution >= 0.6 is 11.6 Å². The lowest BCUT2D eigenvalue weighted by Gasteiger charge is -2.37. The monoisotopic (exact) mass is 340 g/mol. The minimum Gasteiger partial charge on any atom is -0.393 e. The summed E-state index contributed by atoms with van der Waals surface area (Å²) in [7, 11) is 0. The molecule has 126 valence electrons. The average Bonchev–Trinajstić information content (AvgIpc) is 2.92. The fourth-order valence-corrected chi connectivity index (χ4v) is 3.75. The zero-order chi connectivity index (χ0) is 16.6. The van der Waals surface area contributed by atoms with E-state index in [1.165, 1.54) is 12.1 Å². The Labute approximate surface area is 140 Å². The summed E-state index contributed by atoms with van der Waals surface area (Å²) in [5, 5.41) is 9.88. The van der Waals surface area contributed by atoms with Gasteiger partial charge in [-0.05, 0) is 56.8 Å². The number of benzene rings is 1. The van der Waals surface area contributed by atoms with Crippen LogP contribution in [0.15, 0.2) is 18.2 Å². The first-order valence-corrected chi connectivity index (χ1v) is 8.53. The molecule has 1 amide bonds. The summed E-state index contributed by atoms with van der Waals surface area (Å²) in [6.07, 6.45) is 2.38. The van der Waals surface area contributed by atoms with Gasteiger partial charge < -0.3 is 10.0 Å². The van der Waals surface area contributed by atoms with Gasteiger partial charge in [0.2, 0.25) is 5.91 Å². The van der Waals surface area contributed by atoms with E-state index in [1.807, 2.05) is 6.92 Å². The molecule has 2 aliphatic rings. The number of nitrogens with zero attached hydrogens (tertiary/aromatic N) is 2. The van der Waals surface area contributed by atoms with E-state index in [9.17, 15) is 14.3 Å². The summed E-state index contributed by atoms with van der Waals surface area (Å²) in [6, 6.07) is 4.31. The Kier molecular flexibility index (Phi) is 4.90. The van der Waals surface area contributed by atoms with Crippen molar-refractivity contribution < 1.29 is 14.3 Å². The Morgan fingerprint density at radius 2 is 2.13 bits per heavy atom. The molecule has 3 rings (SSSR count). The normalized spacial score (nSPS) is 27.5. The molecule has 0 spiro atoms. The van der Waals surface area contributed by atoms with Crippen molar-refractivity contribution in [2.45, 2.75) is 38.3 Å². The molecule has 1 aromatic carbocycles. The third kappa shape index (κ3) is 3.37. The average molecular weight is 341 g/mol. The molecule has 6 heteroatoms. The van der Waals surface area contributed by atoms with Crippen molar-refractivity contribution in [1.29, 1.82) is 0 Å². The number of anilines is 1. The smallest absolute Gasteiger partial charge is 0.244 e. The topological polar surface area (TPSA) is 43.8 Å². The highest BCUT2D eigenvalue weighted by Gasteiger charge is 2.39. The lowest BCUT2D eigenvalue weighted by molar-refractivity contribution is -0.122. The van der Waals surface area contributed by atoms with Crippen molar-refractivity contribution in [3.63, 3.8) is 0 Å². The Morgan fingerprint density at radius 1 is 1.35 bits per heavy atom. The van der Waals surface area contributed by atoms with Crippen molar-refractivity contribution in [3.8, 4) is 0 Å². The van der Waals surface area contributed by atoms with E-state index in [2.05, 4.69) is 4.90 Å². The third-order valence-corrected chi connectivity index (χ3v) is 5.31. The zero-order valence-electron chi connectivity index (χ0n) is 13.2. The van der Waals surface area contributed by atoms with Gasteiger partial charge in [0.25, 0.3) is 0 Å². The molecule has 0 saturated carbocycles. The van der Waals surface area contributed by atoms with Crippen LogP contribution < -0.4 is 4.90 Å². The summed E-state index contributed by atoms with van der Waals surface area (Å²) < 4.78 is 13.6. The van der Waals surface area contributed by atoms with Gasteiger partial charge in [-0.3, -0.25) is 9.69 Å². The molecule has 2 heterocycles. The van der Waals surface area contributed by atoms with Crippen LogP contribution in [-0.2, 0) is 4.79 Å². The summed E-state index contributed by atoms with van der Waals surface area (Å²) in [6.45, 7) is 4.02. The fraction of sp³-hybridized carbons (Fsp3) is 0.588. The van der Waals surface area contributed by atoms with Gasteiger partial charge in [0, 0.05) is 18.8 Å². The van der Waals surface area contributed by atoms with Gasteiger partial charge in [0.05, 0.1) is 17.2 Å². The number of aliphatic hydroxyl groups is 1. The van der Waals surface area contributed by atoms with Crippen LogP contribution in [0.25, 0.3) is 0 Å². The van der Waals surface area contributed by atoms with Crippen molar-refractivity contribution in [2.24, 2.45) is 5.92 Å². The van der Waals surface area contributed by atoms with Gasteiger partial charge in [-0.15, -0.1) is 0 Å². The van der Waals surface area contributed by atoms with Gasteiger partial charge in [-0.25, -0.2) is 4.39 Å². The van der Waals surface area contributed by atoms with Gasteiger partial charge in [0.15, 0.2) is 0 Å². The second-order valence-electron chi connectivity index (χ2n) is 6.53. The molecule has 0 radical (unpaired) electrons. The van der Waals surface area contributed by atoms with Crippen molar-refractivity contribution in [3.05, 3.63) is 29.0 Å². The molecular weight excluding hydrogens is 319 g/mol. The predicted molar refractivity (Wildman–Crippen MR) is 88.1 cm³/mol. The van der Waals surface area contributed by atoms with Gasteiger partial charge in [0.1, 0.15) is 5.82 Å². The molecule has 3 unspecified atom stereocenters. The van der Waals surface area contributed by atoms with Crippen LogP contribution in [0, 0.1) is 11.7 Å². The maximum atomic E-state index is 13.6. The molecule has 2 saturated heterocycles. The molecule has 1 aromatic rings. The minimum absolute atomic E-state index is 0.0120. The van der Waals surface area contributed by atoms with Crippen molar-refractivity contribution >= 4 is 23.2 Å². The van der Waals surface area contributed by atoms with E-state index in [1.54, 1.807) is 11.0 Å². The summed E-state index contributed by atoms with van der Waals surface area (Å²) >= 11 is 5.71. The highest BCUT2D eigenvalue weighted by molar-refractivity contribution is 6.30. The lowest BCUT2D eigenvalue weighted by Crippen LogP contribution is -2.48. The standard InChI is InChI=1S/C17H22ClFN2O2/c1-11(22)12-3-2-7-20(10-12)16-6-8-21(17(16)23)13-4-5-14(18)15(19)9-13/h4-5,9,11-12,16,22H,2-3,6-8,10H2,1H3. The molecule has 0 aliphatic carbocycles. The molecular formula is C17H22ClFN2O2. The van der Waals surface area contributed by atoms with E-state index in [0.717, 1.165) is 32.4 Å². The molecule has 2 fully saturated rings. The van der Waals surface area contributed by atoms with E-state index in [0.29, 0.717) is 12.2 Å². The second kappa shape index (κ2) is 6.75. The largest absolute Gasteiger partial charge is 0.393 e. The van der Waals surface area contributed by atoms with Crippen LogP contribution in [0.4, 0.5) is 10.1 Å². The number of amides is 1. The number of rotatable bonds is 3. The number of hydrogen-bond donors (Lipinski definition) is 1. The Morgan fingerprint density at radius 3 is 2.83 bits per heavy atom. The first kappa shape index (κ1) is 16.7. The summed E-state index contributed by atoms with van der Waals surface area (Å²) in [5.41, 5.74) is 0.559. The van der Waals surface area contributed by atoms with E-state index in [-0.39, 0.29) is 29.0 Å². The Balaban J connectivity index is 1.72. The predicted octanol–water partition coefficient (Wildman–Crippen LogP) is 2.68. The van der Waals surface area contributed by atoms with Crippen LogP contribution in [0.1, 0.15) is 26.2 Å². The SMILES string of the molecule is CC(O)C1CCCN(C2CCN(c3ccc(Cl)c(F)c3)C2=O)C1. The number of hydrogen-bond acceptors (Lipinski definition) is 3. The maximum Gasteiger partial charge on any atom is 0.244 e. The van der Waals surface area contributed by atoms with Crippen LogP contribution in [0.2, 0.25) is 5.02 Å². The van der Waals surface area contributed by atoms with E-state index in [4.69, 9.17) is 11.6 Å². The number of likely N-dealkylation sites (tertiary alicyclic amines) is 1. The number of piperidine rings is 1. The van der Waals surface area contributed by atoms with Gasteiger partial charge in [-0.1, -0.05) is 11.6 Å². The number of carbonyl (C=O) groups is 1. The van der Waals surface area contributed by atoms with Gasteiger partial charge in [-0.2, -0.15) is 0 Å². The molecule has 0 bridgehead atoms. The second-order valence-corrected chi connectivity index (χ2v) is 6.94. The quantitative estimate of drug-likeness (QED) is 0.920. The van der Waals surface area contributed by atoms with Crippen LogP contribution in [0.5, 0.6) is 0 Å². The van der Waals surface area contributed by atoms with Gasteiger partial charge >= 0.3 is 0 Å². The summed E-state index contributed by atoms with van der Waals surface area (Å²) in [5.74, 6) is -0.274. The van der Waals surface area contributed by atoms with Crippen molar-refractivity contribution in [1.82, 2.24) is 4.90 Å². The van der Waals surface area contributed by atoms with Crippen LogP contribution in [0.3, 0.4) is 0 Å². The lowest BCUT2D eigenvalue weighted by atomic mass is 9.92. The summed E-state index contributed by atoms with van der Waals surface area (Å²) in [4.78, 5) is 16.6. The first-order valence-electron chi connectivity index (χ1n) is 8.16. The Hall–Kier alpha value is -1.17.